The van der Waals surface area contributed by atoms with Gasteiger partial charge >= 0.3 is 0 Å². The minimum Gasteiger partial charge on any atom is -0.497 e. The second kappa shape index (κ2) is 8.03. The summed E-state index contributed by atoms with van der Waals surface area (Å²) in [5, 5.41) is 6.71. The Kier molecular flexibility index (Phi) is 5.55. The van der Waals surface area contributed by atoms with Gasteiger partial charge in [-0.05, 0) is 37.5 Å². The molecule has 0 radical (unpaired) electrons. The number of likely N-dealkylation sites (tertiary alicyclic amines) is 1. The van der Waals surface area contributed by atoms with E-state index in [1.54, 1.807) is 18.1 Å². The highest BCUT2D eigenvalue weighted by Gasteiger charge is 2.34. The van der Waals surface area contributed by atoms with E-state index in [1.807, 2.05) is 31.2 Å². The molecule has 7 heteroatoms. The highest BCUT2D eigenvalue weighted by Crippen LogP contribution is 2.20. The number of benzene rings is 1. The molecule has 3 rings (SSSR count). The maximum Gasteiger partial charge on any atom is 0.243 e. The summed E-state index contributed by atoms with van der Waals surface area (Å²) >= 11 is 0. The van der Waals surface area contributed by atoms with Crippen LogP contribution in [0.25, 0.3) is 0 Å². The SMILES string of the molecule is COc1cccc(CNC(=O)C2CCCN2C(=O)Cc2cc(C)no2)c1. The molecule has 0 aliphatic carbocycles. The molecule has 1 saturated heterocycles. The summed E-state index contributed by atoms with van der Waals surface area (Å²) in [6.45, 7) is 2.79. The van der Waals surface area contributed by atoms with Gasteiger partial charge in [-0.25, -0.2) is 0 Å². The van der Waals surface area contributed by atoms with Gasteiger partial charge in [-0.15, -0.1) is 0 Å². The predicted octanol–water partition coefficient (Wildman–Crippen LogP) is 1.84. The molecule has 2 amide bonds. The van der Waals surface area contributed by atoms with Crippen molar-refractivity contribution in [3.8, 4) is 5.75 Å². The molecule has 7 nitrogen and oxygen atoms in total. The fourth-order valence-corrected chi connectivity index (χ4v) is 3.18. The molecule has 2 heterocycles. The number of amides is 2. The van der Waals surface area contributed by atoms with Crippen LogP contribution in [0.1, 0.15) is 29.9 Å². The normalized spacial score (nSPS) is 16.5. The maximum absolute atomic E-state index is 12.6. The van der Waals surface area contributed by atoms with Gasteiger partial charge in [-0.3, -0.25) is 9.59 Å². The standard InChI is InChI=1S/C19H23N3O4/c1-13-9-16(26-21-13)11-18(23)22-8-4-7-17(22)19(24)20-12-14-5-3-6-15(10-14)25-2/h3,5-6,9-10,17H,4,7-8,11-12H2,1-2H3,(H,20,24). The van der Waals surface area contributed by atoms with E-state index in [0.717, 1.165) is 23.4 Å². The summed E-state index contributed by atoms with van der Waals surface area (Å²) in [4.78, 5) is 26.7. The van der Waals surface area contributed by atoms with E-state index in [1.165, 1.54) is 0 Å². The van der Waals surface area contributed by atoms with Crippen molar-refractivity contribution in [3.05, 3.63) is 47.3 Å². The van der Waals surface area contributed by atoms with Crippen molar-refractivity contribution in [3.63, 3.8) is 0 Å². The Hall–Kier alpha value is -2.83. The first-order valence-corrected chi connectivity index (χ1v) is 8.69. The first-order valence-electron chi connectivity index (χ1n) is 8.69. The maximum atomic E-state index is 12.6. The average Bonchev–Trinajstić information content (AvgIpc) is 3.29. The van der Waals surface area contributed by atoms with Crippen LogP contribution in [0, 0.1) is 6.92 Å². The number of methoxy groups -OCH3 is 1. The quantitative estimate of drug-likeness (QED) is 0.853. The van der Waals surface area contributed by atoms with E-state index in [4.69, 9.17) is 9.26 Å². The van der Waals surface area contributed by atoms with Crippen molar-refractivity contribution in [2.45, 2.75) is 38.8 Å². The molecule has 1 N–H and O–H groups in total. The summed E-state index contributed by atoms with van der Waals surface area (Å²) in [5.74, 6) is 1.03. The lowest BCUT2D eigenvalue weighted by atomic mass is 10.1. The van der Waals surface area contributed by atoms with Gasteiger partial charge in [0.2, 0.25) is 11.8 Å². The van der Waals surface area contributed by atoms with Crippen molar-refractivity contribution in [1.29, 1.82) is 0 Å². The van der Waals surface area contributed by atoms with Crippen LogP contribution in [0.2, 0.25) is 0 Å². The first-order chi connectivity index (χ1) is 12.6. The van der Waals surface area contributed by atoms with E-state index in [-0.39, 0.29) is 18.2 Å². The highest BCUT2D eigenvalue weighted by atomic mass is 16.5. The molecule has 1 unspecified atom stereocenters. The topological polar surface area (TPSA) is 84.7 Å². The van der Waals surface area contributed by atoms with Crippen LogP contribution in [0.15, 0.2) is 34.9 Å². The molecular weight excluding hydrogens is 334 g/mol. The number of nitrogens with zero attached hydrogens (tertiary/aromatic N) is 2. The lowest BCUT2D eigenvalue weighted by Crippen LogP contribution is -2.46. The summed E-state index contributed by atoms with van der Waals surface area (Å²) in [6.07, 6.45) is 1.62. The third-order valence-corrected chi connectivity index (χ3v) is 4.48. The average molecular weight is 357 g/mol. The Bertz CT molecular complexity index is 787. The fourth-order valence-electron chi connectivity index (χ4n) is 3.18. The minimum atomic E-state index is -0.433. The van der Waals surface area contributed by atoms with Gasteiger partial charge in [-0.1, -0.05) is 17.3 Å². The molecule has 1 aliphatic rings. The Balaban J connectivity index is 1.58. The molecule has 0 saturated carbocycles. The van der Waals surface area contributed by atoms with Crippen LogP contribution in [0.5, 0.6) is 5.75 Å². The van der Waals surface area contributed by atoms with Crippen molar-refractivity contribution >= 4 is 11.8 Å². The van der Waals surface area contributed by atoms with E-state index in [9.17, 15) is 9.59 Å². The molecule has 1 fully saturated rings. The van der Waals surface area contributed by atoms with Crippen molar-refractivity contribution in [2.75, 3.05) is 13.7 Å². The third-order valence-electron chi connectivity index (χ3n) is 4.48. The van der Waals surface area contributed by atoms with Crippen LogP contribution < -0.4 is 10.1 Å². The Morgan fingerprint density at radius 1 is 1.38 bits per heavy atom. The fraction of sp³-hybridized carbons (Fsp3) is 0.421. The zero-order valence-electron chi connectivity index (χ0n) is 15.0. The van der Waals surface area contributed by atoms with Crippen LogP contribution >= 0.6 is 0 Å². The number of hydrogen-bond acceptors (Lipinski definition) is 5. The second-order valence-electron chi connectivity index (χ2n) is 6.43. The Morgan fingerprint density at radius 3 is 2.96 bits per heavy atom. The van der Waals surface area contributed by atoms with Crippen LogP contribution in [0.3, 0.4) is 0 Å². The molecule has 1 atom stereocenters. The zero-order valence-corrected chi connectivity index (χ0v) is 15.0. The van der Waals surface area contributed by atoms with Gasteiger partial charge in [0.1, 0.15) is 17.6 Å². The van der Waals surface area contributed by atoms with Gasteiger partial charge in [0.05, 0.1) is 19.2 Å². The largest absolute Gasteiger partial charge is 0.497 e. The van der Waals surface area contributed by atoms with Crippen molar-refractivity contribution in [1.82, 2.24) is 15.4 Å². The van der Waals surface area contributed by atoms with Gasteiger partial charge in [-0.2, -0.15) is 0 Å². The number of hydrogen-bond donors (Lipinski definition) is 1. The summed E-state index contributed by atoms with van der Waals surface area (Å²) < 4.78 is 10.3. The number of aryl methyl sites for hydroxylation is 1. The van der Waals surface area contributed by atoms with Crippen molar-refractivity contribution < 1.29 is 18.8 Å². The lowest BCUT2D eigenvalue weighted by molar-refractivity contribution is -0.138. The molecule has 1 aromatic heterocycles. The van der Waals surface area contributed by atoms with Gasteiger partial charge in [0.15, 0.2) is 0 Å². The summed E-state index contributed by atoms with van der Waals surface area (Å²) in [5.41, 5.74) is 1.69. The number of aromatic nitrogens is 1. The van der Waals surface area contributed by atoms with Gasteiger partial charge < -0.3 is 19.5 Å². The lowest BCUT2D eigenvalue weighted by Gasteiger charge is -2.23. The monoisotopic (exact) mass is 357 g/mol. The molecule has 0 spiro atoms. The molecule has 138 valence electrons. The third kappa shape index (κ3) is 4.22. The molecule has 0 bridgehead atoms. The molecule has 2 aromatic rings. The first kappa shape index (κ1) is 18.0. The number of carbonyl (C=O) groups excluding carboxylic acids is 2. The Morgan fingerprint density at radius 2 is 2.23 bits per heavy atom. The zero-order chi connectivity index (χ0) is 18.5. The smallest absolute Gasteiger partial charge is 0.243 e. The van der Waals surface area contributed by atoms with Gasteiger partial charge in [0, 0.05) is 19.2 Å². The van der Waals surface area contributed by atoms with Crippen molar-refractivity contribution in [2.24, 2.45) is 0 Å². The number of nitrogens with one attached hydrogen (secondary N) is 1. The summed E-state index contributed by atoms with van der Waals surface area (Å²) in [6, 6.07) is 8.85. The van der Waals surface area contributed by atoms with Crippen LogP contribution in [-0.2, 0) is 22.6 Å². The van der Waals surface area contributed by atoms with Crippen LogP contribution in [-0.4, -0.2) is 41.6 Å². The second-order valence-corrected chi connectivity index (χ2v) is 6.43. The number of carbonyl (C=O) groups is 2. The predicted molar refractivity (Wildman–Crippen MR) is 94.5 cm³/mol. The van der Waals surface area contributed by atoms with Crippen LogP contribution in [0.4, 0.5) is 0 Å². The minimum absolute atomic E-state index is 0.111. The molecule has 1 aliphatic heterocycles. The van der Waals surface area contributed by atoms with Gasteiger partial charge in [0.25, 0.3) is 0 Å². The highest BCUT2D eigenvalue weighted by molar-refractivity contribution is 5.88. The molecular formula is C19H23N3O4. The van der Waals surface area contributed by atoms with E-state index >= 15 is 0 Å². The number of ether oxygens (including phenoxy) is 1. The number of rotatable bonds is 6. The van der Waals surface area contributed by atoms with E-state index in [2.05, 4.69) is 10.5 Å². The summed E-state index contributed by atoms with van der Waals surface area (Å²) in [7, 11) is 1.61. The Labute approximate surface area is 152 Å². The van der Waals surface area contributed by atoms with E-state index < -0.39 is 6.04 Å². The molecule has 26 heavy (non-hydrogen) atoms. The molecule has 1 aromatic carbocycles. The van der Waals surface area contributed by atoms with E-state index in [0.29, 0.717) is 25.3 Å².